The van der Waals surface area contributed by atoms with Crippen LogP contribution >= 0.6 is 11.3 Å². The number of hydrogen-bond donors (Lipinski definition) is 0. The number of aryl methyl sites for hydroxylation is 1. The number of nitrogens with zero attached hydrogens (tertiary/aromatic N) is 3. The third-order valence-corrected chi connectivity index (χ3v) is 8.22. The van der Waals surface area contributed by atoms with E-state index >= 15 is 0 Å². The number of hydrogen-bond acceptors (Lipinski definition) is 6. The minimum atomic E-state index is -4.79. The number of alkyl halides is 3. The SMILES string of the molecule is C[C@H](N(Cc1ccc(F)cc1)C(=O)CN1C(=O)O[C@@]2(CCc3cc(-c4ccc(C#N)s4)ccc32)C1=O)C(F)(F)F. The Labute approximate surface area is 230 Å². The van der Waals surface area contributed by atoms with Gasteiger partial charge in [-0.2, -0.15) is 18.4 Å². The summed E-state index contributed by atoms with van der Waals surface area (Å²) in [5, 5.41) is 9.09. The molecule has 3 aromatic rings. The van der Waals surface area contributed by atoms with E-state index in [2.05, 4.69) is 6.07 Å². The van der Waals surface area contributed by atoms with Crippen LogP contribution in [0.5, 0.6) is 0 Å². The number of benzene rings is 2. The van der Waals surface area contributed by atoms with Crippen molar-refractivity contribution in [1.29, 1.82) is 5.26 Å². The molecule has 2 atom stereocenters. The van der Waals surface area contributed by atoms with Crippen LogP contribution in [0.1, 0.15) is 34.9 Å². The van der Waals surface area contributed by atoms with E-state index in [1.807, 2.05) is 12.1 Å². The molecule has 1 fully saturated rings. The Morgan fingerprint density at radius 3 is 2.55 bits per heavy atom. The molecule has 2 aliphatic rings. The molecule has 5 rings (SSSR count). The van der Waals surface area contributed by atoms with Crippen molar-refractivity contribution >= 4 is 29.2 Å². The highest BCUT2D eigenvalue weighted by molar-refractivity contribution is 7.16. The number of halogens is 4. The number of imide groups is 1. The third kappa shape index (κ3) is 4.81. The number of fused-ring (bicyclic) bond motifs is 2. The summed E-state index contributed by atoms with van der Waals surface area (Å²) in [5.74, 6) is -2.52. The zero-order chi connectivity index (χ0) is 28.8. The predicted molar refractivity (Wildman–Crippen MR) is 135 cm³/mol. The van der Waals surface area contributed by atoms with Gasteiger partial charge in [-0.05, 0) is 60.4 Å². The summed E-state index contributed by atoms with van der Waals surface area (Å²) in [4.78, 5) is 41.9. The first-order chi connectivity index (χ1) is 18.9. The van der Waals surface area contributed by atoms with E-state index in [0.717, 1.165) is 35.1 Å². The largest absolute Gasteiger partial charge is 0.427 e. The van der Waals surface area contributed by atoms with Crippen molar-refractivity contribution in [2.45, 2.75) is 44.1 Å². The highest BCUT2D eigenvalue weighted by Crippen LogP contribution is 2.46. The Morgan fingerprint density at radius 1 is 1.18 bits per heavy atom. The Kier molecular flexibility index (Phi) is 6.87. The third-order valence-electron chi connectivity index (χ3n) is 7.18. The van der Waals surface area contributed by atoms with Crippen molar-refractivity contribution in [3.63, 3.8) is 0 Å². The number of nitriles is 1. The first-order valence-corrected chi connectivity index (χ1v) is 13.0. The van der Waals surface area contributed by atoms with Gasteiger partial charge in [-0.15, -0.1) is 11.3 Å². The van der Waals surface area contributed by atoms with Crippen LogP contribution in [-0.4, -0.2) is 46.5 Å². The van der Waals surface area contributed by atoms with E-state index < -0.39 is 54.6 Å². The molecule has 0 bridgehead atoms. The summed E-state index contributed by atoms with van der Waals surface area (Å²) in [6.45, 7) is -0.657. The van der Waals surface area contributed by atoms with Gasteiger partial charge in [0.15, 0.2) is 0 Å². The summed E-state index contributed by atoms with van der Waals surface area (Å²) in [5.41, 5.74) is 0.598. The molecule has 3 amide bonds. The second kappa shape index (κ2) is 10.1. The zero-order valence-corrected chi connectivity index (χ0v) is 21.8. The number of amides is 3. The maximum absolute atomic E-state index is 13.6. The molecule has 1 aliphatic heterocycles. The van der Waals surface area contributed by atoms with E-state index in [4.69, 9.17) is 10.00 Å². The van der Waals surface area contributed by atoms with Crippen LogP contribution < -0.4 is 0 Å². The normalized spacial score (nSPS) is 18.9. The minimum Gasteiger partial charge on any atom is -0.427 e. The maximum Gasteiger partial charge on any atom is 0.418 e. The molecular weight excluding hydrogens is 550 g/mol. The second-order valence-electron chi connectivity index (χ2n) is 9.60. The Bertz CT molecular complexity index is 1550. The Hall–Kier alpha value is -4.24. The lowest BCUT2D eigenvalue weighted by molar-refractivity contribution is -0.187. The lowest BCUT2D eigenvalue weighted by Gasteiger charge is -2.31. The fourth-order valence-corrected chi connectivity index (χ4v) is 5.79. The van der Waals surface area contributed by atoms with Gasteiger partial charge in [0, 0.05) is 23.4 Å². The van der Waals surface area contributed by atoms with Crippen LogP contribution in [0.15, 0.2) is 54.6 Å². The smallest absolute Gasteiger partial charge is 0.418 e. The molecule has 2 heterocycles. The summed E-state index contributed by atoms with van der Waals surface area (Å²) in [7, 11) is 0. The van der Waals surface area contributed by atoms with E-state index in [-0.39, 0.29) is 12.0 Å². The fraction of sp³-hybridized carbons (Fsp3) is 0.286. The van der Waals surface area contributed by atoms with Gasteiger partial charge in [-0.3, -0.25) is 9.59 Å². The van der Waals surface area contributed by atoms with Crippen molar-refractivity contribution in [2.75, 3.05) is 6.54 Å². The van der Waals surface area contributed by atoms with Crippen molar-refractivity contribution in [3.8, 4) is 16.5 Å². The zero-order valence-electron chi connectivity index (χ0n) is 21.0. The number of carbonyl (C=O) groups is 3. The van der Waals surface area contributed by atoms with E-state index in [1.165, 1.54) is 23.5 Å². The first kappa shape index (κ1) is 27.3. The number of carbonyl (C=O) groups excluding carboxylic acids is 3. The summed E-state index contributed by atoms with van der Waals surface area (Å²) < 4.78 is 59.7. The monoisotopic (exact) mass is 571 g/mol. The molecule has 2 aromatic carbocycles. The molecule has 206 valence electrons. The van der Waals surface area contributed by atoms with Crippen LogP contribution in [-0.2, 0) is 32.9 Å². The minimum absolute atomic E-state index is 0.118. The first-order valence-electron chi connectivity index (χ1n) is 12.2. The maximum atomic E-state index is 13.6. The quantitative estimate of drug-likeness (QED) is 0.363. The lowest BCUT2D eigenvalue weighted by atomic mass is 9.94. The van der Waals surface area contributed by atoms with Crippen LogP contribution in [0, 0.1) is 17.1 Å². The van der Waals surface area contributed by atoms with Crippen LogP contribution in [0.25, 0.3) is 10.4 Å². The van der Waals surface area contributed by atoms with Crippen LogP contribution in [0.3, 0.4) is 0 Å². The molecule has 7 nitrogen and oxygen atoms in total. The van der Waals surface area contributed by atoms with Gasteiger partial charge < -0.3 is 9.64 Å². The molecular formula is C28H21F4N3O4S. The molecule has 1 aromatic heterocycles. The van der Waals surface area contributed by atoms with Crippen molar-refractivity contribution < 1.29 is 36.7 Å². The lowest BCUT2D eigenvalue weighted by Crippen LogP contribution is -2.51. The summed E-state index contributed by atoms with van der Waals surface area (Å²) in [6.07, 6.45) is -5.39. The molecule has 0 radical (unpaired) electrons. The van der Waals surface area contributed by atoms with E-state index in [9.17, 15) is 31.9 Å². The summed E-state index contributed by atoms with van der Waals surface area (Å²) >= 11 is 1.31. The predicted octanol–water partition coefficient (Wildman–Crippen LogP) is 5.53. The summed E-state index contributed by atoms with van der Waals surface area (Å²) in [6, 6.07) is 13.2. The molecule has 0 N–H and O–H groups in total. The topological polar surface area (TPSA) is 90.7 Å². The molecule has 0 saturated carbocycles. The average molecular weight is 572 g/mol. The van der Waals surface area contributed by atoms with Gasteiger partial charge in [0.05, 0.1) is 0 Å². The molecule has 12 heteroatoms. The van der Waals surface area contributed by atoms with Crippen molar-refractivity contribution in [1.82, 2.24) is 9.80 Å². The van der Waals surface area contributed by atoms with Crippen LogP contribution in [0.2, 0.25) is 0 Å². The van der Waals surface area contributed by atoms with Crippen molar-refractivity contribution in [2.24, 2.45) is 0 Å². The van der Waals surface area contributed by atoms with Crippen molar-refractivity contribution in [3.05, 3.63) is 82.0 Å². The Morgan fingerprint density at radius 2 is 1.90 bits per heavy atom. The number of thiophene rings is 1. The second-order valence-corrected chi connectivity index (χ2v) is 10.7. The van der Waals surface area contributed by atoms with Gasteiger partial charge in [0.25, 0.3) is 5.91 Å². The molecule has 40 heavy (non-hydrogen) atoms. The van der Waals surface area contributed by atoms with Crippen LogP contribution in [0.4, 0.5) is 22.4 Å². The van der Waals surface area contributed by atoms with Gasteiger partial charge in [-0.1, -0.05) is 24.3 Å². The van der Waals surface area contributed by atoms with Gasteiger partial charge in [0.1, 0.15) is 29.4 Å². The van der Waals surface area contributed by atoms with Gasteiger partial charge >= 0.3 is 12.3 Å². The van der Waals surface area contributed by atoms with E-state index in [0.29, 0.717) is 26.7 Å². The molecule has 1 spiro atoms. The fourth-order valence-electron chi connectivity index (χ4n) is 4.99. The highest BCUT2D eigenvalue weighted by atomic mass is 32.1. The average Bonchev–Trinajstić information content (AvgIpc) is 3.61. The molecule has 0 unspecified atom stereocenters. The van der Waals surface area contributed by atoms with Gasteiger partial charge in [-0.25, -0.2) is 14.1 Å². The standard InChI is InChI=1S/C28H21F4N3O4S/c1-16(28(30,31)32)34(14-17-2-5-20(29)6-3-17)24(36)15-35-25(37)27(39-26(35)38)11-10-18-12-19(4-8-22(18)27)23-9-7-21(13-33)40-23/h2-9,12,16H,10-11,14-15H2,1H3/t16-,27+/m0/s1. The highest BCUT2D eigenvalue weighted by Gasteiger charge is 2.58. The molecule has 1 aliphatic carbocycles. The number of rotatable bonds is 6. The Balaban J connectivity index is 1.38. The van der Waals surface area contributed by atoms with E-state index in [1.54, 1.807) is 18.2 Å². The van der Waals surface area contributed by atoms with Gasteiger partial charge in [0.2, 0.25) is 11.5 Å². The molecule has 1 saturated heterocycles. The number of ether oxygens (including phenoxy) is 1.